The minimum atomic E-state index is -0.109. The number of thioether (sulfide) groups is 1. The summed E-state index contributed by atoms with van der Waals surface area (Å²) in [5, 5.41) is 3.03. The van der Waals surface area contributed by atoms with Crippen LogP contribution in [0.1, 0.15) is 34.0 Å². The Kier molecular flexibility index (Phi) is 6.77. The highest BCUT2D eigenvalue weighted by atomic mass is 32.2. The second-order valence-electron chi connectivity index (χ2n) is 6.63. The molecule has 4 heteroatoms. The van der Waals surface area contributed by atoms with Crippen molar-refractivity contribution < 1.29 is 9.53 Å². The molecule has 0 heterocycles. The van der Waals surface area contributed by atoms with Gasteiger partial charge in [0.15, 0.2) is 0 Å². The van der Waals surface area contributed by atoms with Crippen molar-refractivity contribution in [2.75, 3.05) is 11.9 Å². The molecule has 0 radical (unpaired) electrons. The largest absolute Gasteiger partial charge is 0.494 e. The van der Waals surface area contributed by atoms with Gasteiger partial charge in [-0.15, -0.1) is 11.8 Å². The maximum Gasteiger partial charge on any atom is 0.255 e. The van der Waals surface area contributed by atoms with Crippen molar-refractivity contribution in [1.29, 1.82) is 0 Å². The molecule has 0 saturated heterocycles. The number of amides is 1. The molecule has 1 N–H and O–H groups in total. The van der Waals surface area contributed by atoms with E-state index in [1.807, 2.05) is 75.4 Å². The molecular formula is C24H25NO2S. The van der Waals surface area contributed by atoms with Crippen LogP contribution >= 0.6 is 11.8 Å². The zero-order chi connectivity index (χ0) is 19.9. The second kappa shape index (κ2) is 9.47. The number of hydrogen-bond acceptors (Lipinski definition) is 3. The van der Waals surface area contributed by atoms with E-state index in [1.54, 1.807) is 11.8 Å². The third-order valence-corrected chi connectivity index (χ3v) is 5.46. The van der Waals surface area contributed by atoms with Crippen molar-refractivity contribution in [2.24, 2.45) is 0 Å². The van der Waals surface area contributed by atoms with Crippen LogP contribution in [0.15, 0.2) is 71.6 Å². The molecule has 3 aromatic carbocycles. The Morgan fingerprint density at radius 2 is 1.79 bits per heavy atom. The molecule has 0 aliphatic heterocycles. The van der Waals surface area contributed by atoms with Gasteiger partial charge >= 0.3 is 0 Å². The van der Waals surface area contributed by atoms with Gasteiger partial charge in [0.05, 0.1) is 6.61 Å². The summed E-state index contributed by atoms with van der Waals surface area (Å²) in [5.41, 5.74) is 4.66. The van der Waals surface area contributed by atoms with Gasteiger partial charge in [-0.05, 0) is 68.3 Å². The first-order valence-corrected chi connectivity index (χ1v) is 10.4. The molecule has 0 fully saturated rings. The Morgan fingerprint density at radius 3 is 2.54 bits per heavy atom. The fourth-order valence-corrected chi connectivity index (χ4v) is 3.77. The number of benzene rings is 3. The highest BCUT2D eigenvalue weighted by molar-refractivity contribution is 7.98. The summed E-state index contributed by atoms with van der Waals surface area (Å²) in [5.74, 6) is 1.46. The summed E-state index contributed by atoms with van der Waals surface area (Å²) in [6.45, 7) is 6.58. The Labute approximate surface area is 171 Å². The minimum absolute atomic E-state index is 0.109. The van der Waals surface area contributed by atoms with Gasteiger partial charge < -0.3 is 10.1 Å². The normalized spacial score (nSPS) is 10.5. The van der Waals surface area contributed by atoms with Crippen LogP contribution in [-0.4, -0.2) is 12.5 Å². The maximum absolute atomic E-state index is 12.8. The lowest BCUT2D eigenvalue weighted by molar-refractivity contribution is 0.102. The molecule has 144 valence electrons. The molecule has 0 bridgehead atoms. The van der Waals surface area contributed by atoms with E-state index in [9.17, 15) is 4.79 Å². The topological polar surface area (TPSA) is 38.3 Å². The average molecular weight is 392 g/mol. The van der Waals surface area contributed by atoms with Crippen LogP contribution in [0.4, 0.5) is 5.69 Å². The number of nitrogens with one attached hydrogen (secondary N) is 1. The van der Waals surface area contributed by atoms with Gasteiger partial charge in [-0.3, -0.25) is 4.79 Å². The molecular weight excluding hydrogens is 366 g/mol. The summed E-state index contributed by atoms with van der Waals surface area (Å²) in [6, 6.07) is 21.9. The fourth-order valence-electron chi connectivity index (χ4n) is 2.87. The van der Waals surface area contributed by atoms with E-state index >= 15 is 0 Å². The van der Waals surface area contributed by atoms with Crippen LogP contribution in [0.5, 0.6) is 5.75 Å². The van der Waals surface area contributed by atoms with Crippen LogP contribution in [0.3, 0.4) is 0 Å². The van der Waals surface area contributed by atoms with Gasteiger partial charge in [0.1, 0.15) is 5.75 Å². The van der Waals surface area contributed by atoms with Gasteiger partial charge in [0.2, 0.25) is 0 Å². The summed E-state index contributed by atoms with van der Waals surface area (Å²) < 4.78 is 5.77. The molecule has 0 aliphatic carbocycles. The zero-order valence-corrected chi connectivity index (χ0v) is 17.3. The van der Waals surface area contributed by atoms with Crippen LogP contribution < -0.4 is 10.1 Å². The van der Waals surface area contributed by atoms with Gasteiger partial charge in [-0.25, -0.2) is 0 Å². The quantitative estimate of drug-likeness (QED) is 0.484. The van der Waals surface area contributed by atoms with Crippen LogP contribution in [-0.2, 0) is 5.75 Å². The molecule has 1 amide bonds. The summed E-state index contributed by atoms with van der Waals surface area (Å²) in [6.07, 6.45) is 0. The molecule has 3 nitrogen and oxygen atoms in total. The Morgan fingerprint density at radius 1 is 1.00 bits per heavy atom. The summed E-state index contributed by atoms with van der Waals surface area (Å²) in [7, 11) is 0. The van der Waals surface area contributed by atoms with E-state index in [0.29, 0.717) is 12.2 Å². The Bertz CT molecular complexity index is 954. The molecule has 0 aliphatic rings. The number of hydrogen-bond donors (Lipinski definition) is 1. The number of anilines is 1. The Hall–Kier alpha value is -2.72. The third kappa shape index (κ3) is 5.17. The predicted octanol–water partition coefficient (Wildman–Crippen LogP) is 6.25. The van der Waals surface area contributed by atoms with Crippen molar-refractivity contribution >= 4 is 23.4 Å². The Balaban J connectivity index is 1.80. The van der Waals surface area contributed by atoms with Crippen LogP contribution in [0, 0.1) is 13.8 Å². The van der Waals surface area contributed by atoms with Gasteiger partial charge in [0.25, 0.3) is 5.91 Å². The fraction of sp³-hybridized carbons (Fsp3) is 0.208. The number of carbonyl (C=O) groups is 1. The first-order valence-electron chi connectivity index (χ1n) is 9.39. The monoisotopic (exact) mass is 391 g/mol. The lowest BCUT2D eigenvalue weighted by Gasteiger charge is -2.13. The highest BCUT2D eigenvalue weighted by Gasteiger charge is 2.12. The van der Waals surface area contributed by atoms with Crippen LogP contribution in [0.25, 0.3) is 0 Å². The van der Waals surface area contributed by atoms with E-state index in [1.165, 1.54) is 4.90 Å². The van der Waals surface area contributed by atoms with E-state index in [4.69, 9.17) is 4.74 Å². The number of rotatable bonds is 7. The number of aryl methyl sites for hydroxylation is 2. The zero-order valence-electron chi connectivity index (χ0n) is 16.5. The molecule has 0 unspecified atom stereocenters. The van der Waals surface area contributed by atoms with E-state index < -0.39 is 0 Å². The lowest BCUT2D eigenvalue weighted by Crippen LogP contribution is -2.13. The predicted molar refractivity (Wildman–Crippen MR) is 117 cm³/mol. The molecule has 3 aromatic rings. The molecule has 28 heavy (non-hydrogen) atoms. The van der Waals surface area contributed by atoms with E-state index in [0.717, 1.165) is 33.9 Å². The standard InChI is InChI=1S/C24H25NO2S/c1-4-27-23-13-12-19(15-20(23)16-28-21-8-6-5-7-9-21)24(26)25-22-14-17(2)10-11-18(22)3/h5-15H,4,16H2,1-3H3,(H,25,26). The van der Waals surface area contributed by atoms with Gasteiger partial charge in [-0.2, -0.15) is 0 Å². The first-order chi connectivity index (χ1) is 13.6. The third-order valence-electron chi connectivity index (χ3n) is 4.40. The van der Waals surface area contributed by atoms with E-state index in [-0.39, 0.29) is 5.91 Å². The van der Waals surface area contributed by atoms with Crippen LogP contribution in [0.2, 0.25) is 0 Å². The number of ether oxygens (including phenoxy) is 1. The first kappa shape index (κ1) is 20.0. The van der Waals surface area contributed by atoms with Crippen molar-refractivity contribution in [3.8, 4) is 5.75 Å². The lowest BCUT2D eigenvalue weighted by atomic mass is 10.1. The SMILES string of the molecule is CCOc1ccc(C(=O)Nc2cc(C)ccc2C)cc1CSc1ccccc1. The minimum Gasteiger partial charge on any atom is -0.494 e. The van der Waals surface area contributed by atoms with Crippen molar-refractivity contribution in [3.63, 3.8) is 0 Å². The second-order valence-corrected chi connectivity index (χ2v) is 7.68. The molecule has 0 atom stereocenters. The smallest absolute Gasteiger partial charge is 0.255 e. The number of carbonyl (C=O) groups excluding carboxylic acids is 1. The van der Waals surface area contributed by atoms with Crippen molar-refractivity contribution in [1.82, 2.24) is 0 Å². The van der Waals surface area contributed by atoms with Crippen molar-refractivity contribution in [2.45, 2.75) is 31.4 Å². The molecule has 3 rings (SSSR count). The molecule has 0 saturated carbocycles. The molecule has 0 aromatic heterocycles. The van der Waals surface area contributed by atoms with Gasteiger partial charge in [-0.1, -0.05) is 30.3 Å². The van der Waals surface area contributed by atoms with E-state index in [2.05, 4.69) is 17.4 Å². The summed E-state index contributed by atoms with van der Waals surface area (Å²) in [4.78, 5) is 14.0. The maximum atomic E-state index is 12.8. The molecule has 0 spiro atoms. The van der Waals surface area contributed by atoms with Crippen molar-refractivity contribution in [3.05, 3.63) is 89.0 Å². The summed E-state index contributed by atoms with van der Waals surface area (Å²) >= 11 is 1.73. The highest BCUT2D eigenvalue weighted by Crippen LogP contribution is 2.29. The average Bonchev–Trinajstić information content (AvgIpc) is 2.71. The van der Waals surface area contributed by atoms with Gasteiger partial charge in [0, 0.05) is 27.5 Å².